The summed E-state index contributed by atoms with van der Waals surface area (Å²) in [6, 6.07) is -0.256. The minimum Gasteiger partial charge on any atom is -0.481 e. The summed E-state index contributed by atoms with van der Waals surface area (Å²) >= 11 is 0. The molecule has 2 N–H and O–H groups in total. The van der Waals surface area contributed by atoms with Gasteiger partial charge in [0, 0.05) is 12.0 Å². The Kier molecular flexibility index (Phi) is 3.53. The number of carbonyl (C=O) groups is 2. The second-order valence-corrected chi connectivity index (χ2v) is 5.79. The summed E-state index contributed by atoms with van der Waals surface area (Å²) in [6.07, 6.45) is 6.68. The van der Waals surface area contributed by atoms with Crippen molar-refractivity contribution in [2.24, 2.45) is 5.92 Å². The number of hydrogen-bond acceptors (Lipinski definition) is 4. The van der Waals surface area contributed by atoms with E-state index in [-0.39, 0.29) is 11.9 Å². The lowest BCUT2D eigenvalue weighted by Gasteiger charge is -2.22. The van der Waals surface area contributed by atoms with Gasteiger partial charge in [-0.15, -0.1) is 0 Å². The van der Waals surface area contributed by atoms with E-state index < -0.39 is 11.9 Å². The lowest BCUT2D eigenvalue weighted by molar-refractivity contribution is -0.142. The quantitative estimate of drug-likeness (QED) is 0.827. The first-order chi connectivity index (χ1) is 10.1. The SMILES string of the molecule is Cc1onc(C2CC2)c1C(=O)N[C@H]1C=CC[C@H](C(=O)O)C1. The third kappa shape index (κ3) is 2.84. The van der Waals surface area contributed by atoms with Crippen LogP contribution in [-0.2, 0) is 4.79 Å². The zero-order chi connectivity index (χ0) is 15.0. The number of amides is 1. The van der Waals surface area contributed by atoms with E-state index in [0.29, 0.717) is 30.1 Å². The zero-order valence-corrected chi connectivity index (χ0v) is 11.8. The van der Waals surface area contributed by atoms with Gasteiger partial charge in [-0.3, -0.25) is 9.59 Å². The standard InChI is InChI=1S/C15H18N2O4/c1-8-12(13(17-21-8)9-5-6-9)14(18)16-11-4-2-3-10(7-11)15(19)20/h2,4,9-11H,3,5-7H2,1H3,(H,16,18)(H,19,20)/t10-,11-/m0/s1. The van der Waals surface area contributed by atoms with E-state index in [0.717, 1.165) is 18.5 Å². The van der Waals surface area contributed by atoms with E-state index in [2.05, 4.69) is 10.5 Å². The first kappa shape index (κ1) is 13.9. The molecule has 6 heteroatoms. The fourth-order valence-electron chi connectivity index (χ4n) is 2.74. The Labute approximate surface area is 122 Å². The summed E-state index contributed by atoms with van der Waals surface area (Å²) < 4.78 is 5.14. The summed E-state index contributed by atoms with van der Waals surface area (Å²) in [5, 5.41) is 15.9. The molecule has 1 aromatic heterocycles. The number of nitrogens with zero attached hydrogens (tertiary/aromatic N) is 1. The largest absolute Gasteiger partial charge is 0.481 e. The molecule has 0 unspecified atom stereocenters. The molecule has 2 atom stereocenters. The number of carboxylic acid groups (broad SMARTS) is 1. The van der Waals surface area contributed by atoms with Gasteiger partial charge in [0.25, 0.3) is 5.91 Å². The van der Waals surface area contributed by atoms with Crippen LogP contribution in [0.15, 0.2) is 16.7 Å². The highest BCUT2D eigenvalue weighted by Gasteiger charge is 2.34. The van der Waals surface area contributed by atoms with Crippen LogP contribution in [-0.4, -0.2) is 28.2 Å². The van der Waals surface area contributed by atoms with Crippen LogP contribution < -0.4 is 5.32 Å². The molecule has 2 aliphatic rings. The molecule has 6 nitrogen and oxygen atoms in total. The first-order valence-corrected chi connectivity index (χ1v) is 7.22. The van der Waals surface area contributed by atoms with Crippen molar-refractivity contribution in [1.82, 2.24) is 10.5 Å². The number of carboxylic acids is 1. The number of aryl methyl sites for hydroxylation is 1. The number of aliphatic carboxylic acids is 1. The van der Waals surface area contributed by atoms with Gasteiger partial charge in [-0.05, 0) is 32.6 Å². The maximum Gasteiger partial charge on any atom is 0.306 e. The highest BCUT2D eigenvalue weighted by molar-refractivity contribution is 5.96. The molecular weight excluding hydrogens is 272 g/mol. The van der Waals surface area contributed by atoms with Gasteiger partial charge in [-0.1, -0.05) is 17.3 Å². The molecule has 1 aromatic rings. The number of aromatic nitrogens is 1. The van der Waals surface area contributed by atoms with Crippen LogP contribution in [0.2, 0.25) is 0 Å². The first-order valence-electron chi connectivity index (χ1n) is 7.22. The number of allylic oxidation sites excluding steroid dienone is 1. The molecule has 1 fully saturated rings. The van der Waals surface area contributed by atoms with E-state index in [4.69, 9.17) is 9.63 Å². The van der Waals surface area contributed by atoms with Crippen LogP contribution in [0, 0.1) is 12.8 Å². The Hall–Kier alpha value is -2.11. The summed E-state index contributed by atoms with van der Waals surface area (Å²) in [6.45, 7) is 1.73. The van der Waals surface area contributed by atoms with Crippen molar-refractivity contribution in [3.05, 3.63) is 29.2 Å². The fraction of sp³-hybridized carbons (Fsp3) is 0.533. The van der Waals surface area contributed by atoms with Crippen molar-refractivity contribution in [3.8, 4) is 0 Å². The second kappa shape index (κ2) is 5.35. The number of carbonyl (C=O) groups excluding carboxylic acids is 1. The van der Waals surface area contributed by atoms with Crippen LogP contribution in [0.5, 0.6) is 0 Å². The molecule has 2 aliphatic carbocycles. The monoisotopic (exact) mass is 290 g/mol. The van der Waals surface area contributed by atoms with Crippen LogP contribution in [0.4, 0.5) is 0 Å². The smallest absolute Gasteiger partial charge is 0.306 e. The topological polar surface area (TPSA) is 92.4 Å². The van der Waals surface area contributed by atoms with Gasteiger partial charge in [0.05, 0.1) is 11.6 Å². The molecule has 1 saturated carbocycles. The molecule has 0 saturated heterocycles. The third-order valence-corrected chi connectivity index (χ3v) is 4.07. The molecule has 0 bridgehead atoms. The van der Waals surface area contributed by atoms with Crippen molar-refractivity contribution < 1.29 is 19.2 Å². The van der Waals surface area contributed by atoms with Gasteiger partial charge < -0.3 is 14.9 Å². The number of hydrogen-bond donors (Lipinski definition) is 2. The summed E-state index contributed by atoms with van der Waals surface area (Å²) in [5.41, 5.74) is 1.25. The molecule has 0 spiro atoms. The highest BCUT2D eigenvalue weighted by Crippen LogP contribution is 2.41. The summed E-state index contributed by atoms with van der Waals surface area (Å²) in [5.74, 6) is -0.637. The maximum atomic E-state index is 12.4. The Morgan fingerprint density at radius 2 is 2.19 bits per heavy atom. The maximum absolute atomic E-state index is 12.4. The van der Waals surface area contributed by atoms with Gasteiger partial charge in [0.2, 0.25) is 0 Å². The van der Waals surface area contributed by atoms with E-state index >= 15 is 0 Å². The van der Waals surface area contributed by atoms with Gasteiger partial charge in [-0.2, -0.15) is 0 Å². The van der Waals surface area contributed by atoms with Crippen molar-refractivity contribution in [1.29, 1.82) is 0 Å². The molecule has 3 rings (SSSR count). The third-order valence-electron chi connectivity index (χ3n) is 4.07. The molecule has 1 amide bonds. The fourth-order valence-corrected chi connectivity index (χ4v) is 2.74. The van der Waals surface area contributed by atoms with Crippen LogP contribution in [0.3, 0.4) is 0 Å². The van der Waals surface area contributed by atoms with Crippen molar-refractivity contribution in [2.45, 2.75) is 44.6 Å². The van der Waals surface area contributed by atoms with Crippen molar-refractivity contribution in [3.63, 3.8) is 0 Å². The Balaban J connectivity index is 1.72. The molecule has 112 valence electrons. The Bertz CT molecular complexity index is 601. The second-order valence-electron chi connectivity index (χ2n) is 5.79. The minimum atomic E-state index is -0.821. The zero-order valence-electron chi connectivity index (χ0n) is 11.8. The van der Waals surface area contributed by atoms with E-state index in [9.17, 15) is 9.59 Å². The molecule has 21 heavy (non-hydrogen) atoms. The van der Waals surface area contributed by atoms with E-state index in [1.165, 1.54) is 0 Å². The van der Waals surface area contributed by atoms with Gasteiger partial charge in [0.1, 0.15) is 11.3 Å². The lowest BCUT2D eigenvalue weighted by Crippen LogP contribution is -2.38. The van der Waals surface area contributed by atoms with Crippen molar-refractivity contribution >= 4 is 11.9 Å². The van der Waals surface area contributed by atoms with Crippen molar-refractivity contribution in [2.75, 3.05) is 0 Å². The van der Waals surface area contributed by atoms with Gasteiger partial charge in [-0.25, -0.2) is 0 Å². The van der Waals surface area contributed by atoms with Crippen LogP contribution in [0.25, 0.3) is 0 Å². The lowest BCUT2D eigenvalue weighted by atomic mass is 9.91. The van der Waals surface area contributed by atoms with Gasteiger partial charge >= 0.3 is 5.97 Å². The highest BCUT2D eigenvalue weighted by atomic mass is 16.5. The van der Waals surface area contributed by atoms with Crippen LogP contribution in [0.1, 0.15) is 53.4 Å². The predicted octanol–water partition coefficient (Wildman–Crippen LogP) is 2.01. The molecule has 0 aromatic carbocycles. The molecule has 1 heterocycles. The Morgan fingerprint density at radius 3 is 2.86 bits per heavy atom. The summed E-state index contributed by atoms with van der Waals surface area (Å²) in [7, 11) is 0. The normalized spacial score (nSPS) is 24.8. The summed E-state index contributed by atoms with van der Waals surface area (Å²) in [4.78, 5) is 23.5. The minimum absolute atomic E-state index is 0.226. The molecule has 0 radical (unpaired) electrons. The van der Waals surface area contributed by atoms with E-state index in [1.807, 2.05) is 12.2 Å². The molecular formula is C15H18N2O4. The average molecular weight is 290 g/mol. The number of nitrogens with one attached hydrogen (secondary N) is 1. The molecule has 0 aliphatic heterocycles. The van der Waals surface area contributed by atoms with E-state index in [1.54, 1.807) is 6.92 Å². The van der Waals surface area contributed by atoms with Gasteiger partial charge in [0.15, 0.2) is 0 Å². The average Bonchev–Trinajstić information content (AvgIpc) is 3.22. The van der Waals surface area contributed by atoms with Crippen LogP contribution >= 0.6 is 0 Å². The Morgan fingerprint density at radius 1 is 1.43 bits per heavy atom. The predicted molar refractivity (Wildman–Crippen MR) is 74.0 cm³/mol. The number of rotatable bonds is 4.